The first-order chi connectivity index (χ1) is 14.7. The molecule has 0 saturated heterocycles. The number of rotatable bonds is 0. The Morgan fingerprint density at radius 1 is 0.633 bits per heavy atom. The van der Waals surface area contributed by atoms with Crippen molar-refractivity contribution in [3.05, 3.63) is 82.9 Å². The van der Waals surface area contributed by atoms with Crippen molar-refractivity contribution in [1.29, 1.82) is 0 Å². The number of hydrogen-bond acceptors (Lipinski definition) is 4. The summed E-state index contributed by atoms with van der Waals surface area (Å²) in [6.07, 6.45) is 9.93. The van der Waals surface area contributed by atoms with Gasteiger partial charge in [0.05, 0.1) is 22.8 Å². The molecule has 0 spiro atoms. The summed E-state index contributed by atoms with van der Waals surface area (Å²) in [4.78, 5) is 20.0. The predicted octanol–water partition coefficient (Wildman–Crippen LogP) is 4.97. The van der Waals surface area contributed by atoms with Gasteiger partial charge in [0.2, 0.25) is 0 Å². The maximum atomic E-state index is 4.63. The molecule has 0 aliphatic carbocycles. The fourth-order valence-corrected chi connectivity index (χ4v) is 4.42. The molecule has 2 aliphatic rings. The van der Waals surface area contributed by atoms with Gasteiger partial charge in [0, 0.05) is 22.1 Å². The Bertz CT molecular complexity index is 1240. The van der Waals surface area contributed by atoms with Crippen molar-refractivity contribution < 1.29 is 18.3 Å². The second-order valence-corrected chi connectivity index (χ2v) is 10.3. The number of H-pyrrole nitrogens is 2. The van der Waals surface area contributed by atoms with Crippen LogP contribution in [0.3, 0.4) is 0 Å². The van der Waals surface area contributed by atoms with Crippen LogP contribution in [0.5, 0.6) is 0 Å². The zero-order chi connectivity index (χ0) is 20.3. The molecule has 0 unspecified atom stereocenters. The van der Waals surface area contributed by atoms with Crippen LogP contribution in [0.1, 0.15) is 22.8 Å². The maximum absolute atomic E-state index is 4.63. The summed E-state index contributed by atoms with van der Waals surface area (Å²) in [6.45, 7) is 0. The molecule has 6 heterocycles. The molecular weight excluding hydrogens is 444 g/mol. The van der Waals surface area contributed by atoms with Gasteiger partial charge in [-0.3, -0.25) is 0 Å². The van der Waals surface area contributed by atoms with E-state index in [9.17, 15) is 0 Å². The van der Waals surface area contributed by atoms with Gasteiger partial charge in [0.1, 0.15) is 0 Å². The van der Waals surface area contributed by atoms with Gasteiger partial charge in [-0.05, 0) is 72.8 Å². The van der Waals surface area contributed by atoms with E-state index in [1.165, 1.54) is 21.9 Å². The van der Waals surface area contributed by atoms with E-state index in [1.807, 2.05) is 60.1 Å². The summed E-state index contributed by atoms with van der Waals surface area (Å²) in [5, 5.41) is 2.00. The van der Waals surface area contributed by atoms with Gasteiger partial charge >= 0.3 is 49.8 Å². The standard InChI is InChI=1S/C20H14N4.C3H2NS.Zn/c1-2-14-10-16-5-6-18(23-16)12-20-8-7-19(24-20)11-17-4-3-15(22-17)9-13(1)21-14;1-2-5-3-4-1;/h1-12,21,24H;1-2H;. The van der Waals surface area contributed by atoms with Crippen LogP contribution in [-0.4, -0.2) is 24.9 Å². The minimum atomic E-state index is 0.939. The molecule has 30 heavy (non-hydrogen) atoms. The van der Waals surface area contributed by atoms with Crippen LogP contribution >= 0.6 is 11.3 Å². The Hall–Kier alpha value is -3.15. The Kier molecular flexibility index (Phi) is 5.22. The normalized spacial score (nSPS) is 11.9. The summed E-state index contributed by atoms with van der Waals surface area (Å²) in [7, 11) is 0. The Labute approximate surface area is 187 Å². The Morgan fingerprint density at radius 3 is 1.30 bits per heavy atom. The van der Waals surface area contributed by atoms with Crippen LogP contribution in [-0.2, 0) is 18.3 Å². The fourth-order valence-electron chi connectivity index (χ4n) is 3.20. The number of nitrogens with one attached hydrogen (secondary N) is 2. The molecule has 0 fully saturated rings. The van der Waals surface area contributed by atoms with Gasteiger partial charge in [0.25, 0.3) is 0 Å². The molecule has 4 aromatic heterocycles. The summed E-state index contributed by atoms with van der Waals surface area (Å²) in [6, 6.07) is 16.4. The first kappa shape index (κ1) is 18.9. The van der Waals surface area contributed by atoms with E-state index < -0.39 is 0 Å². The zero-order valence-corrected chi connectivity index (χ0v) is 19.8. The molecule has 5 nitrogen and oxygen atoms in total. The van der Waals surface area contributed by atoms with Crippen molar-refractivity contribution in [3.63, 3.8) is 0 Å². The predicted molar refractivity (Wildman–Crippen MR) is 121 cm³/mol. The van der Waals surface area contributed by atoms with Crippen molar-refractivity contribution in [3.8, 4) is 0 Å². The van der Waals surface area contributed by atoms with Crippen molar-refractivity contribution in [2.24, 2.45) is 0 Å². The van der Waals surface area contributed by atoms with Gasteiger partial charge < -0.3 is 9.97 Å². The van der Waals surface area contributed by atoms with E-state index in [0.29, 0.717) is 0 Å². The van der Waals surface area contributed by atoms with Gasteiger partial charge in [0.15, 0.2) is 0 Å². The third kappa shape index (κ3) is 4.53. The molecule has 141 valence electrons. The number of fused-ring (bicyclic) bond motifs is 8. The topological polar surface area (TPSA) is 70.2 Å². The summed E-state index contributed by atoms with van der Waals surface area (Å²) in [5.41, 5.74) is 7.86. The minimum absolute atomic E-state index is 0.939. The van der Waals surface area contributed by atoms with E-state index in [0.717, 1.165) is 44.8 Å². The van der Waals surface area contributed by atoms with Crippen LogP contribution < -0.4 is 3.60 Å². The molecule has 2 aliphatic heterocycles. The first-order valence-corrected chi connectivity index (χ1v) is 11.8. The second kappa shape index (κ2) is 8.30. The van der Waals surface area contributed by atoms with Gasteiger partial charge in [-0.15, -0.1) is 0 Å². The molecule has 7 heteroatoms. The third-order valence-electron chi connectivity index (χ3n) is 4.53. The molecule has 4 aromatic rings. The SMILES string of the molecule is C1=Cc2cc3ccc(cc4nc(cc5ccc(cc1n2)[nH]5)C=C4)[nH]3.[Zn][c]1nccs1. The van der Waals surface area contributed by atoms with Crippen molar-refractivity contribution in [2.45, 2.75) is 0 Å². The van der Waals surface area contributed by atoms with Gasteiger partial charge in [-0.1, -0.05) is 0 Å². The molecule has 0 amide bonds. The van der Waals surface area contributed by atoms with Crippen molar-refractivity contribution >= 4 is 61.3 Å². The number of aromatic amines is 2. The van der Waals surface area contributed by atoms with E-state index in [4.69, 9.17) is 0 Å². The molecule has 6 rings (SSSR count). The first-order valence-electron chi connectivity index (χ1n) is 9.46. The van der Waals surface area contributed by atoms with E-state index in [1.54, 1.807) is 11.3 Å². The Morgan fingerprint density at radius 2 is 1.03 bits per heavy atom. The molecule has 8 bridgehead atoms. The zero-order valence-electron chi connectivity index (χ0n) is 16.0. The Balaban J connectivity index is 0.000000279. The van der Waals surface area contributed by atoms with Crippen LogP contribution in [0.25, 0.3) is 46.4 Å². The number of thiazole rings is 1. The number of hydrogen-bond donors (Lipinski definition) is 2. The average Bonchev–Trinajstić information content (AvgIpc) is 3.52. The number of aromatic nitrogens is 5. The van der Waals surface area contributed by atoms with Crippen LogP contribution in [0.15, 0.2) is 60.1 Å². The number of nitrogens with zero attached hydrogens (tertiary/aromatic N) is 3. The average molecular weight is 460 g/mol. The molecule has 0 atom stereocenters. The summed E-state index contributed by atoms with van der Waals surface area (Å²) in [5.74, 6) is 0. The second-order valence-electron chi connectivity index (χ2n) is 6.83. The molecule has 0 radical (unpaired) electrons. The summed E-state index contributed by atoms with van der Waals surface area (Å²) < 4.78 is 1.26. The van der Waals surface area contributed by atoms with E-state index in [-0.39, 0.29) is 0 Å². The van der Waals surface area contributed by atoms with E-state index in [2.05, 4.69) is 49.2 Å². The molecule has 0 aromatic carbocycles. The molecule has 2 N–H and O–H groups in total. The quantitative estimate of drug-likeness (QED) is 0.315. The van der Waals surface area contributed by atoms with E-state index >= 15 is 0 Å². The van der Waals surface area contributed by atoms with Crippen molar-refractivity contribution in [1.82, 2.24) is 24.9 Å². The van der Waals surface area contributed by atoms with Gasteiger partial charge in [-0.25, -0.2) is 9.97 Å². The fraction of sp³-hybridized carbons (Fsp3) is 0. The van der Waals surface area contributed by atoms with Gasteiger partial charge in [-0.2, -0.15) is 0 Å². The van der Waals surface area contributed by atoms with Crippen LogP contribution in [0.4, 0.5) is 0 Å². The molecular formula is C23H16N5SZn. The molecule has 0 saturated carbocycles. The monoisotopic (exact) mass is 458 g/mol. The third-order valence-corrected chi connectivity index (χ3v) is 6.59. The summed E-state index contributed by atoms with van der Waals surface area (Å²) >= 11 is 2.91. The van der Waals surface area contributed by atoms with Crippen molar-refractivity contribution in [2.75, 3.05) is 0 Å². The van der Waals surface area contributed by atoms with Crippen LogP contribution in [0, 0.1) is 0 Å². The van der Waals surface area contributed by atoms with Crippen LogP contribution in [0.2, 0.25) is 0 Å².